The summed E-state index contributed by atoms with van der Waals surface area (Å²) >= 11 is 3.50. The molecule has 0 fully saturated rings. The third-order valence-electron chi connectivity index (χ3n) is 4.30. The standard InChI is InChI=1S/C18H19BrN4O/c1-12-21-18-8-5-15(11-23(18)22-12)20-10-16-6-7-17(24-16)13-3-2-4-14(19)9-13/h2-4,6-7,9,15,20H,5,8,10-11H2,1H3. The third kappa shape index (κ3) is 3.30. The van der Waals surface area contributed by atoms with Gasteiger partial charge < -0.3 is 9.73 Å². The second-order valence-corrected chi connectivity index (χ2v) is 7.07. The van der Waals surface area contributed by atoms with Crippen molar-refractivity contribution >= 4 is 15.9 Å². The lowest BCUT2D eigenvalue weighted by molar-refractivity contribution is 0.345. The molecule has 0 saturated carbocycles. The maximum Gasteiger partial charge on any atom is 0.147 e. The fraction of sp³-hybridized carbons (Fsp3) is 0.333. The summed E-state index contributed by atoms with van der Waals surface area (Å²) < 4.78 is 9.04. The molecule has 3 aromatic rings. The van der Waals surface area contributed by atoms with E-state index in [1.54, 1.807) is 0 Å². The van der Waals surface area contributed by atoms with E-state index in [0.29, 0.717) is 6.04 Å². The summed E-state index contributed by atoms with van der Waals surface area (Å²) in [7, 11) is 0. The smallest absolute Gasteiger partial charge is 0.147 e. The molecule has 5 nitrogen and oxygen atoms in total. The average Bonchev–Trinajstić information content (AvgIpc) is 3.18. The molecule has 0 bridgehead atoms. The van der Waals surface area contributed by atoms with E-state index >= 15 is 0 Å². The van der Waals surface area contributed by atoms with Gasteiger partial charge >= 0.3 is 0 Å². The molecule has 1 aliphatic rings. The SMILES string of the molecule is Cc1nc2n(n1)CC(NCc1ccc(-c3cccc(Br)c3)o1)CC2. The number of aromatic nitrogens is 3. The molecule has 6 heteroatoms. The minimum Gasteiger partial charge on any atom is -0.460 e. The minimum atomic E-state index is 0.401. The molecule has 2 aromatic heterocycles. The number of benzene rings is 1. The number of hydrogen-bond acceptors (Lipinski definition) is 4. The molecule has 124 valence electrons. The number of hydrogen-bond donors (Lipinski definition) is 1. The topological polar surface area (TPSA) is 55.9 Å². The van der Waals surface area contributed by atoms with E-state index in [1.807, 2.05) is 35.9 Å². The van der Waals surface area contributed by atoms with Crippen LogP contribution in [0, 0.1) is 6.92 Å². The van der Waals surface area contributed by atoms with Gasteiger partial charge in [-0.05, 0) is 37.6 Å². The molecule has 0 saturated heterocycles. The van der Waals surface area contributed by atoms with Gasteiger partial charge in [-0.15, -0.1) is 0 Å². The van der Waals surface area contributed by atoms with E-state index in [4.69, 9.17) is 4.42 Å². The maximum absolute atomic E-state index is 5.97. The van der Waals surface area contributed by atoms with Crippen molar-refractivity contribution in [3.05, 3.63) is 58.3 Å². The van der Waals surface area contributed by atoms with Gasteiger partial charge in [-0.2, -0.15) is 5.10 Å². The molecule has 4 rings (SSSR count). The number of furan rings is 1. The van der Waals surface area contributed by atoms with Gasteiger partial charge in [0.1, 0.15) is 23.2 Å². The van der Waals surface area contributed by atoms with E-state index in [9.17, 15) is 0 Å². The van der Waals surface area contributed by atoms with Crippen molar-refractivity contribution < 1.29 is 4.42 Å². The molecular weight excluding hydrogens is 368 g/mol. The Labute approximate surface area is 149 Å². The lowest BCUT2D eigenvalue weighted by Gasteiger charge is -2.23. The maximum atomic E-state index is 5.97. The highest BCUT2D eigenvalue weighted by Gasteiger charge is 2.20. The van der Waals surface area contributed by atoms with Crippen molar-refractivity contribution in [3.63, 3.8) is 0 Å². The highest BCUT2D eigenvalue weighted by molar-refractivity contribution is 9.10. The van der Waals surface area contributed by atoms with Gasteiger partial charge in [0.2, 0.25) is 0 Å². The molecule has 0 radical (unpaired) electrons. The van der Waals surface area contributed by atoms with Crippen LogP contribution in [0.2, 0.25) is 0 Å². The summed E-state index contributed by atoms with van der Waals surface area (Å²) in [5.41, 5.74) is 1.08. The van der Waals surface area contributed by atoms with Crippen molar-refractivity contribution in [1.82, 2.24) is 20.1 Å². The van der Waals surface area contributed by atoms with E-state index in [0.717, 1.165) is 59.1 Å². The highest BCUT2D eigenvalue weighted by Crippen LogP contribution is 2.25. The van der Waals surface area contributed by atoms with Gasteiger partial charge in [0.25, 0.3) is 0 Å². The fourth-order valence-corrected chi connectivity index (χ4v) is 3.51. The summed E-state index contributed by atoms with van der Waals surface area (Å²) in [6.07, 6.45) is 2.05. The van der Waals surface area contributed by atoms with Crippen molar-refractivity contribution in [2.75, 3.05) is 0 Å². The van der Waals surface area contributed by atoms with Crippen molar-refractivity contribution in [2.24, 2.45) is 0 Å². The van der Waals surface area contributed by atoms with Crippen LogP contribution in [-0.2, 0) is 19.5 Å². The van der Waals surface area contributed by atoms with Crippen LogP contribution in [0.4, 0.5) is 0 Å². The summed E-state index contributed by atoms with van der Waals surface area (Å²) in [5, 5.41) is 8.02. The quantitative estimate of drug-likeness (QED) is 0.742. The number of nitrogens with zero attached hydrogens (tertiary/aromatic N) is 3. The van der Waals surface area contributed by atoms with E-state index in [-0.39, 0.29) is 0 Å². The molecule has 1 unspecified atom stereocenters. The van der Waals surface area contributed by atoms with Gasteiger partial charge in [0, 0.05) is 22.5 Å². The first-order chi connectivity index (χ1) is 11.7. The molecule has 0 amide bonds. The van der Waals surface area contributed by atoms with Crippen LogP contribution in [0.1, 0.15) is 23.8 Å². The normalized spacial score (nSPS) is 17.0. The molecule has 24 heavy (non-hydrogen) atoms. The fourth-order valence-electron chi connectivity index (χ4n) is 3.12. The highest BCUT2D eigenvalue weighted by atomic mass is 79.9. The number of halogens is 1. The van der Waals surface area contributed by atoms with E-state index < -0.39 is 0 Å². The van der Waals surface area contributed by atoms with Gasteiger partial charge in [-0.25, -0.2) is 9.67 Å². The first kappa shape index (κ1) is 15.6. The molecule has 1 N–H and O–H groups in total. The van der Waals surface area contributed by atoms with E-state index in [2.05, 4.69) is 43.5 Å². The van der Waals surface area contributed by atoms with Crippen LogP contribution in [0.25, 0.3) is 11.3 Å². The third-order valence-corrected chi connectivity index (χ3v) is 4.79. The Kier molecular flexibility index (Phi) is 4.24. The lowest BCUT2D eigenvalue weighted by Crippen LogP contribution is -2.37. The molecule has 0 spiro atoms. The van der Waals surface area contributed by atoms with Gasteiger partial charge in [-0.1, -0.05) is 28.1 Å². The van der Waals surface area contributed by atoms with Crippen LogP contribution >= 0.6 is 15.9 Å². The molecule has 1 atom stereocenters. The molecular formula is C18H19BrN4O. The lowest BCUT2D eigenvalue weighted by atomic mass is 10.1. The Morgan fingerprint density at radius 2 is 2.25 bits per heavy atom. The predicted octanol–water partition coefficient (Wildman–Crippen LogP) is 3.71. The van der Waals surface area contributed by atoms with Crippen LogP contribution < -0.4 is 5.32 Å². The van der Waals surface area contributed by atoms with Crippen LogP contribution in [-0.4, -0.2) is 20.8 Å². The van der Waals surface area contributed by atoms with Gasteiger partial charge in [0.05, 0.1) is 13.1 Å². The average molecular weight is 387 g/mol. The predicted molar refractivity (Wildman–Crippen MR) is 95.6 cm³/mol. The van der Waals surface area contributed by atoms with Crippen LogP contribution in [0.5, 0.6) is 0 Å². The largest absolute Gasteiger partial charge is 0.460 e. The Morgan fingerprint density at radius 1 is 1.33 bits per heavy atom. The zero-order valence-electron chi connectivity index (χ0n) is 13.5. The minimum absolute atomic E-state index is 0.401. The van der Waals surface area contributed by atoms with Crippen molar-refractivity contribution in [3.8, 4) is 11.3 Å². The summed E-state index contributed by atoms with van der Waals surface area (Å²) in [6, 6.07) is 12.6. The monoisotopic (exact) mass is 386 g/mol. The zero-order chi connectivity index (χ0) is 16.5. The second kappa shape index (κ2) is 6.53. The summed E-state index contributed by atoms with van der Waals surface area (Å²) in [6.45, 7) is 3.54. The summed E-state index contributed by atoms with van der Waals surface area (Å²) in [5.74, 6) is 3.80. The first-order valence-electron chi connectivity index (χ1n) is 8.16. The second-order valence-electron chi connectivity index (χ2n) is 6.15. The van der Waals surface area contributed by atoms with Crippen molar-refractivity contribution in [2.45, 2.75) is 38.9 Å². The van der Waals surface area contributed by atoms with Gasteiger partial charge in [-0.3, -0.25) is 0 Å². The van der Waals surface area contributed by atoms with Crippen LogP contribution in [0.15, 0.2) is 45.3 Å². The summed E-state index contributed by atoms with van der Waals surface area (Å²) in [4.78, 5) is 4.45. The zero-order valence-corrected chi connectivity index (χ0v) is 15.1. The first-order valence-corrected chi connectivity index (χ1v) is 8.95. The number of aryl methyl sites for hydroxylation is 2. The Bertz CT molecular complexity index is 854. The van der Waals surface area contributed by atoms with Gasteiger partial charge in [0.15, 0.2) is 0 Å². The molecule has 1 aromatic carbocycles. The van der Waals surface area contributed by atoms with E-state index in [1.165, 1.54) is 0 Å². The number of nitrogens with one attached hydrogen (secondary N) is 1. The Hall–Kier alpha value is -1.92. The number of fused-ring (bicyclic) bond motifs is 1. The van der Waals surface area contributed by atoms with Crippen molar-refractivity contribution in [1.29, 1.82) is 0 Å². The molecule has 0 aliphatic carbocycles. The molecule has 1 aliphatic heterocycles. The number of rotatable bonds is 4. The Morgan fingerprint density at radius 3 is 3.12 bits per heavy atom. The molecule has 3 heterocycles. The van der Waals surface area contributed by atoms with Crippen LogP contribution in [0.3, 0.4) is 0 Å². The Balaban J connectivity index is 1.39.